The van der Waals surface area contributed by atoms with E-state index in [1.807, 2.05) is 42.5 Å². The fourth-order valence-corrected chi connectivity index (χ4v) is 3.13. The number of allylic oxidation sites excluding steroid dienone is 1. The smallest absolute Gasteiger partial charge is 0.231 e. The number of ether oxygens (including phenoxy) is 2. The van der Waals surface area contributed by atoms with Crippen LogP contribution in [0.1, 0.15) is 27.9 Å². The van der Waals surface area contributed by atoms with Crippen molar-refractivity contribution in [1.29, 1.82) is 0 Å². The molecule has 3 aromatic carbocycles. The molecule has 0 amide bonds. The van der Waals surface area contributed by atoms with Gasteiger partial charge in [0.25, 0.3) is 0 Å². The molecule has 0 bridgehead atoms. The van der Waals surface area contributed by atoms with Gasteiger partial charge in [-0.05, 0) is 54.3 Å². The van der Waals surface area contributed by atoms with Crippen LogP contribution < -0.4 is 9.47 Å². The molecule has 28 heavy (non-hydrogen) atoms. The van der Waals surface area contributed by atoms with Crippen molar-refractivity contribution in [2.45, 2.75) is 12.8 Å². The normalized spacial score (nSPS) is 14.0. The minimum absolute atomic E-state index is 0.0682. The highest BCUT2D eigenvalue weighted by atomic mass is 16.5. The van der Waals surface area contributed by atoms with Crippen molar-refractivity contribution >= 4 is 11.9 Å². The second kappa shape index (κ2) is 8.01. The number of ketones is 1. The number of hydrogen-bond donors (Lipinski definition) is 1. The number of fused-ring (bicyclic) bond motifs is 1. The summed E-state index contributed by atoms with van der Waals surface area (Å²) >= 11 is 0. The summed E-state index contributed by atoms with van der Waals surface area (Å²) in [6.07, 6.45) is 3.59. The molecule has 1 aliphatic rings. The molecule has 4 heteroatoms. The van der Waals surface area contributed by atoms with Crippen molar-refractivity contribution in [1.82, 2.24) is 0 Å². The molecule has 0 saturated heterocycles. The summed E-state index contributed by atoms with van der Waals surface area (Å²) in [5.41, 5.74) is 2.57. The lowest BCUT2D eigenvalue weighted by Crippen LogP contribution is -2.00. The topological polar surface area (TPSA) is 55.8 Å². The van der Waals surface area contributed by atoms with Crippen LogP contribution in [0.15, 0.2) is 78.6 Å². The fourth-order valence-electron chi connectivity index (χ4n) is 3.13. The SMILES string of the molecule is O=C1/C(=C/c2cccc(OCCCc3ccccc3)c2)Oc2cc(O)ccc21. The minimum Gasteiger partial charge on any atom is -0.508 e. The van der Waals surface area contributed by atoms with Gasteiger partial charge >= 0.3 is 0 Å². The van der Waals surface area contributed by atoms with Crippen molar-refractivity contribution < 1.29 is 19.4 Å². The Kier molecular flexibility index (Phi) is 5.11. The number of benzene rings is 3. The molecular formula is C24H20O4. The molecule has 0 saturated carbocycles. The van der Waals surface area contributed by atoms with E-state index in [-0.39, 0.29) is 17.3 Å². The number of carbonyl (C=O) groups is 1. The van der Waals surface area contributed by atoms with Gasteiger partial charge in [0.05, 0.1) is 12.2 Å². The van der Waals surface area contributed by atoms with E-state index >= 15 is 0 Å². The van der Waals surface area contributed by atoms with Crippen LogP contribution in [-0.4, -0.2) is 17.5 Å². The van der Waals surface area contributed by atoms with E-state index in [2.05, 4.69) is 12.1 Å². The summed E-state index contributed by atoms with van der Waals surface area (Å²) < 4.78 is 11.5. The van der Waals surface area contributed by atoms with Crippen LogP contribution in [0.5, 0.6) is 17.2 Å². The zero-order valence-corrected chi connectivity index (χ0v) is 15.3. The average molecular weight is 372 g/mol. The molecule has 1 heterocycles. The summed E-state index contributed by atoms with van der Waals surface area (Å²) in [5, 5.41) is 9.54. The molecule has 1 N–H and O–H groups in total. The van der Waals surface area contributed by atoms with E-state index in [1.165, 1.54) is 17.7 Å². The number of rotatable bonds is 6. The van der Waals surface area contributed by atoms with Crippen LogP contribution in [0.25, 0.3) is 6.08 Å². The molecule has 3 aromatic rings. The molecule has 140 valence electrons. The molecule has 0 radical (unpaired) electrons. The molecule has 0 atom stereocenters. The van der Waals surface area contributed by atoms with Crippen LogP contribution in [0, 0.1) is 0 Å². The van der Waals surface area contributed by atoms with Gasteiger partial charge in [-0.2, -0.15) is 0 Å². The molecule has 0 unspecified atom stereocenters. The quantitative estimate of drug-likeness (QED) is 0.488. The van der Waals surface area contributed by atoms with Gasteiger partial charge in [0.2, 0.25) is 5.78 Å². The zero-order chi connectivity index (χ0) is 19.3. The lowest BCUT2D eigenvalue weighted by atomic mass is 10.1. The Morgan fingerprint density at radius 3 is 2.68 bits per heavy atom. The molecule has 0 aromatic heterocycles. The number of carbonyl (C=O) groups excluding carboxylic acids is 1. The Balaban J connectivity index is 1.39. The predicted octanol–water partition coefficient (Wildman–Crippen LogP) is 5.02. The van der Waals surface area contributed by atoms with E-state index in [9.17, 15) is 9.90 Å². The van der Waals surface area contributed by atoms with E-state index in [0.29, 0.717) is 17.9 Å². The van der Waals surface area contributed by atoms with Gasteiger partial charge in [-0.3, -0.25) is 4.79 Å². The first-order chi connectivity index (χ1) is 13.7. The number of aromatic hydroxyl groups is 1. The standard InChI is InChI=1S/C24H20O4/c25-19-11-12-21-22(16-19)28-23(24(21)26)15-18-8-4-10-20(14-18)27-13-5-9-17-6-2-1-3-7-17/h1-4,6-8,10-12,14-16,25H,5,9,13H2/b23-15-. The van der Waals surface area contributed by atoms with Gasteiger partial charge in [-0.25, -0.2) is 0 Å². The van der Waals surface area contributed by atoms with Crippen molar-refractivity contribution in [2.75, 3.05) is 6.61 Å². The van der Waals surface area contributed by atoms with Crippen molar-refractivity contribution in [3.8, 4) is 17.2 Å². The second-order valence-electron chi connectivity index (χ2n) is 6.63. The van der Waals surface area contributed by atoms with Gasteiger partial charge in [-0.15, -0.1) is 0 Å². The first-order valence-corrected chi connectivity index (χ1v) is 9.23. The van der Waals surface area contributed by atoms with Crippen molar-refractivity contribution in [3.05, 3.63) is 95.2 Å². The Labute approximate surface area is 163 Å². The van der Waals surface area contributed by atoms with Crippen LogP contribution in [0.2, 0.25) is 0 Å². The second-order valence-corrected chi connectivity index (χ2v) is 6.63. The van der Waals surface area contributed by atoms with E-state index in [0.717, 1.165) is 24.2 Å². The predicted molar refractivity (Wildman–Crippen MR) is 108 cm³/mol. The fraction of sp³-hybridized carbons (Fsp3) is 0.125. The highest BCUT2D eigenvalue weighted by Gasteiger charge is 2.27. The van der Waals surface area contributed by atoms with Gasteiger partial charge in [-0.1, -0.05) is 42.5 Å². The number of Topliss-reactive ketones (excluding diaryl/α,β-unsaturated/α-hetero) is 1. The molecule has 0 spiro atoms. The monoisotopic (exact) mass is 372 g/mol. The van der Waals surface area contributed by atoms with Gasteiger partial charge in [0.1, 0.15) is 17.2 Å². The average Bonchev–Trinajstić information content (AvgIpc) is 3.01. The summed E-state index contributed by atoms with van der Waals surface area (Å²) in [4.78, 5) is 12.4. The molecular weight excluding hydrogens is 352 g/mol. The highest BCUT2D eigenvalue weighted by molar-refractivity contribution is 6.14. The third kappa shape index (κ3) is 4.07. The summed E-state index contributed by atoms with van der Waals surface area (Å²) in [7, 11) is 0. The maximum absolute atomic E-state index is 12.4. The molecule has 4 rings (SSSR count). The largest absolute Gasteiger partial charge is 0.508 e. The first-order valence-electron chi connectivity index (χ1n) is 9.23. The van der Waals surface area contributed by atoms with Crippen molar-refractivity contribution in [3.63, 3.8) is 0 Å². The highest BCUT2D eigenvalue weighted by Crippen LogP contribution is 2.34. The van der Waals surface area contributed by atoms with Crippen molar-refractivity contribution in [2.24, 2.45) is 0 Å². The summed E-state index contributed by atoms with van der Waals surface area (Å²) in [6.45, 7) is 0.620. The Morgan fingerprint density at radius 1 is 0.964 bits per heavy atom. The lowest BCUT2D eigenvalue weighted by Gasteiger charge is -2.07. The summed E-state index contributed by atoms with van der Waals surface area (Å²) in [5.74, 6) is 1.25. The molecule has 4 nitrogen and oxygen atoms in total. The maximum atomic E-state index is 12.4. The number of phenolic OH excluding ortho intramolecular Hbond substituents is 1. The number of phenols is 1. The third-order valence-electron chi connectivity index (χ3n) is 4.53. The Morgan fingerprint density at radius 2 is 1.82 bits per heavy atom. The zero-order valence-electron chi connectivity index (χ0n) is 15.3. The van der Waals surface area contributed by atoms with E-state index < -0.39 is 0 Å². The van der Waals surface area contributed by atoms with Crippen LogP contribution in [-0.2, 0) is 6.42 Å². The third-order valence-corrected chi connectivity index (χ3v) is 4.53. The van der Waals surface area contributed by atoms with Gasteiger partial charge in [0.15, 0.2) is 5.76 Å². The number of hydrogen-bond acceptors (Lipinski definition) is 4. The van der Waals surface area contributed by atoms with Crippen LogP contribution >= 0.6 is 0 Å². The van der Waals surface area contributed by atoms with Crippen LogP contribution in [0.3, 0.4) is 0 Å². The van der Waals surface area contributed by atoms with Crippen LogP contribution in [0.4, 0.5) is 0 Å². The molecule has 0 aliphatic carbocycles. The minimum atomic E-state index is -0.191. The van der Waals surface area contributed by atoms with E-state index in [4.69, 9.17) is 9.47 Å². The number of aryl methyl sites for hydroxylation is 1. The van der Waals surface area contributed by atoms with Gasteiger partial charge < -0.3 is 14.6 Å². The lowest BCUT2D eigenvalue weighted by molar-refractivity contribution is 0.101. The van der Waals surface area contributed by atoms with Gasteiger partial charge in [0, 0.05) is 6.07 Å². The first kappa shape index (κ1) is 17.9. The summed E-state index contributed by atoms with van der Waals surface area (Å²) in [6, 6.07) is 22.4. The maximum Gasteiger partial charge on any atom is 0.231 e. The molecule has 0 fully saturated rings. The Bertz CT molecular complexity index is 1020. The molecule has 1 aliphatic heterocycles. The van der Waals surface area contributed by atoms with E-state index in [1.54, 1.807) is 12.1 Å². The Hall–Kier alpha value is -3.53.